The van der Waals surface area contributed by atoms with Gasteiger partial charge in [-0.15, -0.1) is 0 Å². The van der Waals surface area contributed by atoms with Crippen molar-refractivity contribution in [2.45, 2.75) is 13.8 Å². The van der Waals surface area contributed by atoms with Crippen LogP contribution in [-0.4, -0.2) is 5.33 Å². The van der Waals surface area contributed by atoms with E-state index in [1.54, 1.807) is 0 Å². The van der Waals surface area contributed by atoms with Crippen LogP contribution in [0, 0.1) is 6.92 Å². The first kappa shape index (κ1) is 9.53. The van der Waals surface area contributed by atoms with Crippen molar-refractivity contribution >= 4 is 21.5 Å². The van der Waals surface area contributed by atoms with Gasteiger partial charge in [0.15, 0.2) is 0 Å². The maximum absolute atomic E-state index is 3.40. The van der Waals surface area contributed by atoms with Crippen molar-refractivity contribution in [2.24, 2.45) is 0 Å². The number of hydrogen-bond acceptors (Lipinski definition) is 0. The Morgan fingerprint density at radius 1 is 1.42 bits per heavy atom. The summed E-state index contributed by atoms with van der Waals surface area (Å²) in [7, 11) is 0. The van der Waals surface area contributed by atoms with Gasteiger partial charge in [0.2, 0.25) is 0 Å². The van der Waals surface area contributed by atoms with Crippen LogP contribution in [0.15, 0.2) is 30.3 Å². The Bertz CT molecular complexity index is 287. The van der Waals surface area contributed by atoms with Gasteiger partial charge in [0.05, 0.1) is 0 Å². The molecular formula is C11H13Br. The highest BCUT2D eigenvalue weighted by atomic mass is 79.9. The number of aryl methyl sites for hydroxylation is 1. The summed E-state index contributed by atoms with van der Waals surface area (Å²) in [5.74, 6) is 0. The van der Waals surface area contributed by atoms with Crippen molar-refractivity contribution in [3.8, 4) is 0 Å². The highest BCUT2D eigenvalue weighted by Gasteiger charge is 1.96. The van der Waals surface area contributed by atoms with E-state index in [1.165, 1.54) is 16.7 Å². The number of benzene rings is 1. The van der Waals surface area contributed by atoms with Gasteiger partial charge in [-0.25, -0.2) is 0 Å². The Hall–Kier alpha value is -0.560. The number of alkyl halides is 1. The minimum atomic E-state index is 0.924. The Morgan fingerprint density at radius 2 is 2.08 bits per heavy atom. The van der Waals surface area contributed by atoms with Crippen LogP contribution in [0.4, 0.5) is 0 Å². The Kier molecular flexibility index (Phi) is 3.54. The molecule has 0 radical (unpaired) electrons. The minimum absolute atomic E-state index is 0.924. The zero-order chi connectivity index (χ0) is 8.97. The fourth-order valence-electron chi connectivity index (χ4n) is 1.24. The summed E-state index contributed by atoms with van der Waals surface area (Å²) in [6, 6.07) is 8.44. The molecule has 1 rings (SSSR count). The summed E-state index contributed by atoms with van der Waals surface area (Å²) in [4.78, 5) is 0. The molecular weight excluding hydrogens is 212 g/mol. The summed E-state index contributed by atoms with van der Waals surface area (Å²) >= 11 is 3.40. The molecule has 0 aliphatic heterocycles. The predicted octanol–water partition coefficient (Wildman–Crippen LogP) is 3.79. The van der Waals surface area contributed by atoms with E-state index in [-0.39, 0.29) is 0 Å². The Labute approximate surface area is 82.4 Å². The molecule has 12 heavy (non-hydrogen) atoms. The van der Waals surface area contributed by atoms with Crippen molar-refractivity contribution in [1.82, 2.24) is 0 Å². The van der Waals surface area contributed by atoms with Gasteiger partial charge in [-0.3, -0.25) is 0 Å². The molecule has 0 atom stereocenters. The van der Waals surface area contributed by atoms with Gasteiger partial charge in [0, 0.05) is 5.33 Å². The van der Waals surface area contributed by atoms with E-state index in [1.807, 2.05) is 0 Å². The van der Waals surface area contributed by atoms with Crippen molar-refractivity contribution < 1.29 is 0 Å². The van der Waals surface area contributed by atoms with Crippen molar-refractivity contribution in [3.05, 3.63) is 41.5 Å². The van der Waals surface area contributed by atoms with E-state index in [0.29, 0.717) is 0 Å². The van der Waals surface area contributed by atoms with Crippen molar-refractivity contribution in [3.63, 3.8) is 0 Å². The highest BCUT2D eigenvalue weighted by molar-refractivity contribution is 9.09. The molecule has 1 aromatic rings. The molecule has 0 saturated carbocycles. The average molecular weight is 225 g/mol. The van der Waals surface area contributed by atoms with E-state index >= 15 is 0 Å². The molecule has 0 amide bonds. The maximum Gasteiger partial charge on any atom is 0.0217 e. The fraction of sp³-hybridized carbons (Fsp3) is 0.273. The summed E-state index contributed by atoms with van der Waals surface area (Å²) in [6.07, 6.45) is 2.18. The molecule has 0 heterocycles. The van der Waals surface area contributed by atoms with Gasteiger partial charge < -0.3 is 0 Å². The van der Waals surface area contributed by atoms with E-state index in [0.717, 1.165) is 5.33 Å². The lowest BCUT2D eigenvalue weighted by molar-refractivity contribution is 1.40. The molecule has 0 aliphatic rings. The largest absolute Gasteiger partial charge is 0.0883 e. The van der Waals surface area contributed by atoms with Crippen LogP contribution in [0.25, 0.3) is 5.57 Å². The third-order valence-corrected chi connectivity index (χ3v) is 2.28. The summed E-state index contributed by atoms with van der Waals surface area (Å²) < 4.78 is 0. The fourth-order valence-corrected chi connectivity index (χ4v) is 1.73. The smallest absolute Gasteiger partial charge is 0.0217 e. The molecule has 0 aliphatic carbocycles. The van der Waals surface area contributed by atoms with E-state index in [2.05, 4.69) is 60.1 Å². The van der Waals surface area contributed by atoms with Gasteiger partial charge in [-0.05, 0) is 30.5 Å². The lowest BCUT2D eigenvalue weighted by Crippen LogP contribution is -1.84. The van der Waals surface area contributed by atoms with Gasteiger partial charge in [0.1, 0.15) is 0 Å². The predicted molar refractivity (Wildman–Crippen MR) is 58.6 cm³/mol. The molecule has 1 aromatic carbocycles. The highest BCUT2D eigenvalue weighted by Crippen LogP contribution is 2.17. The number of halogens is 1. The average Bonchev–Trinajstić information content (AvgIpc) is 2.05. The molecule has 0 spiro atoms. The number of allylic oxidation sites excluding steroid dienone is 2. The number of hydrogen-bond donors (Lipinski definition) is 0. The minimum Gasteiger partial charge on any atom is -0.0883 e. The van der Waals surface area contributed by atoms with Crippen LogP contribution in [0.3, 0.4) is 0 Å². The number of rotatable bonds is 2. The molecule has 0 unspecified atom stereocenters. The third-order valence-electron chi connectivity index (χ3n) is 1.95. The van der Waals surface area contributed by atoms with Crippen LogP contribution in [0.1, 0.15) is 18.1 Å². The second kappa shape index (κ2) is 4.46. The molecule has 0 fully saturated rings. The van der Waals surface area contributed by atoms with E-state index in [4.69, 9.17) is 0 Å². The first-order chi connectivity index (χ1) is 5.75. The van der Waals surface area contributed by atoms with Crippen molar-refractivity contribution in [2.75, 3.05) is 5.33 Å². The van der Waals surface area contributed by atoms with Gasteiger partial charge in [-0.1, -0.05) is 46.3 Å². The van der Waals surface area contributed by atoms with Gasteiger partial charge in [0.25, 0.3) is 0 Å². The first-order valence-corrected chi connectivity index (χ1v) is 5.16. The second-order valence-corrected chi connectivity index (χ2v) is 3.50. The zero-order valence-electron chi connectivity index (χ0n) is 7.47. The summed E-state index contributed by atoms with van der Waals surface area (Å²) in [5, 5.41) is 0.924. The van der Waals surface area contributed by atoms with Crippen LogP contribution in [-0.2, 0) is 0 Å². The summed E-state index contributed by atoms with van der Waals surface area (Å²) in [6.45, 7) is 4.28. The van der Waals surface area contributed by atoms with Crippen LogP contribution in [0.2, 0.25) is 0 Å². The molecule has 0 aromatic heterocycles. The quantitative estimate of drug-likeness (QED) is 0.671. The lowest BCUT2D eigenvalue weighted by Gasteiger charge is -2.04. The van der Waals surface area contributed by atoms with Crippen LogP contribution < -0.4 is 0 Å². The molecule has 0 nitrogen and oxygen atoms in total. The monoisotopic (exact) mass is 224 g/mol. The molecule has 1 heteroatoms. The van der Waals surface area contributed by atoms with Gasteiger partial charge in [-0.2, -0.15) is 0 Å². The SMILES string of the molecule is C/C(=C\CBr)c1ccccc1C. The van der Waals surface area contributed by atoms with Crippen LogP contribution >= 0.6 is 15.9 Å². The lowest BCUT2D eigenvalue weighted by atomic mass is 10.0. The van der Waals surface area contributed by atoms with E-state index < -0.39 is 0 Å². The topological polar surface area (TPSA) is 0 Å². The molecule has 64 valence electrons. The molecule has 0 bridgehead atoms. The Balaban J connectivity index is 3.02. The summed E-state index contributed by atoms with van der Waals surface area (Å²) in [5.41, 5.74) is 4.02. The van der Waals surface area contributed by atoms with Crippen LogP contribution in [0.5, 0.6) is 0 Å². The van der Waals surface area contributed by atoms with Crippen molar-refractivity contribution in [1.29, 1.82) is 0 Å². The normalized spacial score (nSPS) is 11.8. The second-order valence-electron chi connectivity index (χ2n) is 2.86. The van der Waals surface area contributed by atoms with E-state index in [9.17, 15) is 0 Å². The maximum atomic E-state index is 3.40. The third kappa shape index (κ3) is 2.21. The standard InChI is InChI=1S/C11H13Br/c1-9-5-3-4-6-11(9)10(2)7-8-12/h3-7H,8H2,1-2H3/b10-7+. The Morgan fingerprint density at radius 3 is 2.67 bits per heavy atom. The molecule has 0 saturated heterocycles. The molecule has 0 N–H and O–H groups in total. The van der Waals surface area contributed by atoms with Gasteiger partial charge >= 0.3 is 0 Å². The first-order valence-electron chi connectivity index (χ1n) is 4.04. The zero-order valence-corrected chi connectivity index (χ0v) is 9.06.